The zero-order valence-electron chi connectivity index (χ0n) is 12.8. The molecule has 0 saturated heterocycles. The molecule has 0 spiro atoms. The van der Waals surface area contributed by atoms with Gasteiger partial charge in [-0.2, -0.15) is 0 Å². The number of halogens is 1. The Morgan fingerprint density at radius 2 is 2.14 bits per heavy atom. The molecular weight excluding hydrogens is 364 g/mol. The summed E-state index contributed by atoms with van der Waals surface area (Å²) < 4.78 is 0.949. The van der Waals surface area contributed by atoms with Gasteiger partial charge in [0.1, 0.15) is 0 Å². The molecule has 0 bridgehead atoms. The van der Waals surface area contributed by atoms with Crippen molar-refractivity contribution in [3.8, 4) is 11.4 Å². The lowest BCUT2D eigenvalue weighted by molar-refractivity contribution is -0.120. The summed E-state index contributed by atoms with van der Waals surface area (Å²) in [7, 11) is 0. The number of nitrogens with one attached hydrogen (secondary N) is 2. The molecule has 118 valence electrons. The standard InChI is InChI=1S/C15H19BrN4OS/c1-4-15(2,3)18-12(21)9-22-14-17-13(19-20-14)10-7-5-6-8-11(10)16/h5-8H,4,9H2,1-3H3,(H,18,21)(H,17,19,20). The molecule has 0 aliphatic carbocycles. The molecule has 2 aromatic rings. The summed E-state index contributed by atoms with van der Waals surface area (Å²) in [5.74, 6) is 0.977. The number of aromatic amines is 1. The fraction of sp³-hybridized carbons (Fsp3) is 0.400. The molecule has 22 heavy (non-hydrogen) atoms. The molecule has 0 aliphatic heterocycles. The van der Waals surface area contributed by atoms with Gasteiger partial charge < -0.3 is 5.32 Å². The maximum absolute atomic E-state index is 11.9. The number of thioether (sulfide) groups is 1. The van der Waals surface area contributed by atoms with E-state index in [1.165, 1.54) is 11.8 Å². The SMILES string of the molecule is CCC(C)(C)NC(=O)CSc1n[nH]c(-c2ccccc2Br)n1. The van der Waals surface area contributed by atoms with Gasteiger partial charge >= 0.3 is 0 Å². The van der Waals surface area contributed by atoms with Crippen LogP contribution in [-0.2, 0) is 4.79 Å². The van der Waals surface area contributed by atoms with Crippen LogP contribution in [0.3, 0.4) is 0 Å². The summed E-state index contributed by atoms with van der Waals surface area (Å²) in [4.78, 5) is 16.3. The molecule has 0 aliphatic rings. The van der Waals surface area contributed by atoms with E-state index in [0.717, 1.165) is 16.5 Å². The van der Waals surface area contributed by atoms with E-state index >= 15 is 0 Å². The fourth-order valence-corrected chi connectivity index (χ4v) is 2.79. The van der Waals surface area contributed by atoms with Crippen LogP contribution in [0.25, 0.3) is 11.4 Å². The second kappa shape index (κ2) is 7.28. The van der Waals surface area contributed by atoms with Crippen molar-refractivity contribution in [2.45, 2.75) is 37.9 Å². The first-order valence-electron chi connectivity index (χ1n) is 7.02. The molecule has 1 amide bonds. The van der Waals surface area contributed by atoms with E-state index in [4.69, 9.17) is 0 Å². The molecule has 2 N–H and O–H groups in total. The number of nitrogens with zero attached hydrogens (tertiary/aromatic N) is 2. The highest BCUT2D eigenvalue weighted by Crippen LogP contribution is 2.26. The molecule has 1 heterocycles. The summed E-state index contributed by atoms with van der Waals surface area (Å²) in [6, 6.07) is 7.79. The van der Waals surface area contributed by atoms with Crippen molar-refractivity contribution < 1.29 is 4.79 Å². The van der Waals surface area contributed by atoms with Crippen molar-refractivity contribution in [1.29, 1.82) is 0 Å². The van der Waals surface area contributed by atoms with Gasteiger partial charge in [-0.05, 0) is 26.3 Å². The number of aromatic nitrogens is 3. The van der Waals surface area contributed by atoms with Crippen molar-refractivity contribution in [3.63, 3.8) is 0 Å². The summed E-state index contributed by atoms with van der Waals surface area (Å²) in [6.45, 7) is 6.06. The third-order valence-corrected chi connectivity index (χ3v) is 4.83. The van der Waals surface area contributed by atoms with Gasteiger partial charge in [0.25, 0.3) is 0 Å². The molecule has 1 aromatic heterocycles. The Morgan fingerprint density at radius 1 is 1.41 bits per heavy atom. The molecule has 2 rings (SSSR count). The summed E-state index contributed by atoms with van der Waals surface area (Å²) >= 11 is 4.81. The molecule has 7 heteroatoms. The van der Waals surface area contributed by atoms with E-state index in [1.807, 2.05) is 45.0 Å². The molecule has 0 radical (unpaired) electrons. The quantitative estimate of drug-likeness (QED) is 0.748. The lowest BCUT2D eigenvalue weighted by Crippen LogP contribution is -2.43. The van der Waals surface area contributed by atoms with Crippen LogP contribution in [0.15, 0.2) is 33.9 Å². The Bertz CT molecular complexity index is 656. The van der Waals surface area contributed by atoms with E-state index in [0.29, 0.717) is 16.7 Å². The molecule has 1 aromatic carbocycles. The highest BCUT2D eigenvalue weighted by molar-refractivity contribution is 9.10. The minimum absolute atomic E-state index is 0.0101. The van der Waals surface area contributed by atoms with Crippen LogP contribution in [0, 0.1) is 0 Å². The van der Waals surface area contributed by atoms with Gasteiger partial charge in [-0.1, -0.05) is 52.8 Å². The van der Waals surface area contributed by atoms with Crippen LogP contribution in [0.1, 0.15) is 27.2 Å². The van der Waals surface area contributed by atoms with Gasteiger partial charge in [0.2, 0.25) is 11.1 Å². The minimum Gasteiger partial charge on any atom is -0.351 e. The van der Waals surface area contributed by atoms with Crippen LogP contribution < -0.4 is 5.32 Å². The fourth-order valence-electron chi connectivity index (χ4n) is 1.72. The number of hydrogen-bond acceptors (Lipinski definition) is 4. The molecule has 0 atom stereocenters. The highest BCUT2D eigenvalue weighted by Gasteiger charge is 2.18. The lowest BCUT2D eigenvalue weighted by atomic mass is 10.0. The highest BCUT2D eigenvalue weighted by atomic mass is 79.9. The van der Waals surface area contributed by atoms with Crippen molar-refractivity contribution in [2.75, 3.05) is 5.75 Å². The largest absolute Gasteiger partial charge is 0.351 e. The zero-order chi connectivity index (χ0) is 16.2. The number of carbonyl (C=O) groups excluding carboxylic acids is 1. The van der Waals surface area contributed by atoms with E-state index in [-0.39, 0.29) is 11.4 Å². The van der Waals surface area contributed by atoms with Crippen molar-refractivity contribution >= 4 is 33.6 Å². The first-order chi connectivity index (χ1) is 10.4. The third-order valence-electron chi connectivity index (χ3n) is 3.29. The second-order valence-electron chi connectivity index (χ2n) is 5.52. The van der Waals surface area contributed by atoms with Gasteiger partial charge in [0.05, 0.1) is 5.75 Å². The van der Waals surface area contributed by atoms with Crippen molar-refractivity contribution in [2.24, 2.45) is 0 Å². The predicted octanol–water partition coefficient (Wildman–Crippen LogP) is 3.63. The monoisotopic (exact) mass is 382 g/mol. The first-order valence-corrected chi connectivity index (χ1v) is 8.80. The normalized spacial score (nSPS) is 11.5. The Hall–Kier alpha value is -1.34. The topological polar surface area (TPSA) is 70.7 Å². The van der Waals surface area contributed by atoms with Crippen molar-refractivity contribution in [1.82, 2.24) is 20.5 Å². The van der Waals surface area contributed by atoms with Crippen LogP contribution in [0.4, 0.5) is 0 Å². The number of hydrogen-bond donors (Lipinski definition) is 2. The smallest absolute Gasteiger partial charge is 0.230 e. The molecule has 0 saturated carbocycles. The summed E-state index contributed by atoms with van der Waals surface area (Å²) in [5.41, 5.74) is 0.759. The van der Waals surface area contributed by atoms with Crippen LogP contribution in [-0.4, -0.2) is 32.4 Å². The van der Waals surface area contributed by atoms with E-state index < -0.39 is 0 Å². The number of benzene rings is 1. The minimum atomic E-state index is -0.184. The third kappa shape index (κ3) is 4.58. The Kier molecular flexibility index (Phi) is 5.63. The second-order valence-corrected chi connectivity index (χ2v) is 7.32. The van der Waals surface area contributed by atoms with Gasteiger partial charge in [0, 0.05) is 15.6 Å². The first kappa shape index (κ1) is 17.0. The van der Waals surface area contributed by atoms with Gasteiger partial charge in [-0.15, -0.1) is 5.10 Å². The van der Waals surface area contributed by atoms with Crippen LogP contribution in [0.2, 0.25) is 0 Å². The molecular formula is C15H19BrN4OS. The lowest BCUT2D eigenvalue weighted by Gasteiger charge is -2.24. The van der Waals surface area contributed by atoms with E-state index in [1.54, 1.807) is 0 Å². The maximum Gasteiger partial charge on any atom is 0.230 e. The average molecular weight is 383 g/mol. The number of rotatable bonds is 6. The Labute approximate surface area is 142 Å². The van der Waals surface area contributed by atoms with Gasteiger partial charge in [-0.25, -0.2) is 4.98 Å². The molecule has 5 nitrogen and oxygen atoms in total. The zero-order valence-corrected chi connectivity index (χ0v) is 15.2. The number of H-pyrrole nitrogens is 1. The predicted molar refractivity (Wildman–Crippen MR) is 92.8 cm³/mol. The van der Waals surface area contributed by atoms with Crippen LogP contribution in [0.5, 0.6) is 0 Å². The van der Waals surface area contributed by atoms with Gasteiger partial charge in [-0.3, -0.25) is 9.89 Å². The van der Waals surface area contributed by atoms with Crippen LogP contribution >= 0.6 is 27.7 Å². The van der Waals surface area contributed by atoms with Crippen molar-refractivity contribution in [3.05, 3.63) is 28.7 Å². The average Bonchev–Trinajstić information content (AvgIpc) is 2.94. The van der Waals surface area contributed by atoms with E-state index in [9.17, 15) is 4.79 Å². The molecule has 0 fully saturated rings. The number of carbonyl (C=O) groups is 1. The summed E-state index contributed by atoms with van der Waals surface area (Å²) in [6.07, 6.45) is 0.885. The summed E-state index contributed by atoms with van der Waals surface area (Å²) in [5, 5.41) is 10.6. The van der Waals surface area contributed by atoms with E-state index in [2.05, 4.69) is 36.4 Å². The molecule has 0 unspecified atom stereocenters. The Balaban J connectivity index is 1.96. The van der Waals surface area contributed by atoms with Gasteiger partial charge in [0.15, 0.2) is 5.82 Å². The maximum atomic E-state index is 11.9. The Morgan fingerprint density at radius 3 is 2.82 bits per heavy atom. The number of amides is 1.